The van der Waals surface area contributed by atoms with Gasteiger partial charge in [0.1, 0.15) is 11.6 Å². The minimum absolute atomic E-state index is 0.0775. The van der Waals surface area contributed by atoms with Gasteiger partial charge >= 0.3 is 0 Å². The van der Waals surface area contributed by atoms with Crippen molar-refractivity contribution in [3.63, 3.8) is 0 Å². The third kappa shape index (κ3) is 5.64. The number of aromatic hydroxyl groups is 1. The van der Waals surface area contributed by atoms with Crippen LogP contribution >= 0.6 is 0 Å². The van der Waals surface area contributed by atoms with Crippen LogP contribution in [0.1, 0.15) is 31.2 Å². The number of phenolic OH excluding ortho intramolecular Hbond substituents is 1. The van der Waals surface area contributed by atoms with Gasteiger partial charge < -0.3 is 36.7 Å². The summed E-state index contributed by atoms with van der Waals surface area (Å²) in [5.41, 5.74) is 1.24. The predicted octanol–water partition coefficient (Wildman–Crippen LogP) is 0.989. The van der Waals surface area contributed by atoms with E-state index < -0.39 is 0 Å². The number of piperazine rings is 1. The Morgan fingerprint density at radius 2 is 1.90 bits per heavy atom. The smallest absolute Gasteiger partial charge is 0.142 e. The minimum atomic E-state index is 0.0775. The lowest BCUT2D eigenvalue weighted by Gasteiger charge is -2.40. The van der Waals surface area contributed by atoms with Crippen LogP contribution in [0, 0.1) is 10.8 Å². The average Bonchev–Trinajstić information content (AvgIpc) is 2.81. The highest BCUT2D eigenvalue weighted by atomic mass is 16.3. The fourth-order valence-electron chi connectivity index (χ4n) is 4.77. The van der Waals surface area contributed by atoms with Crippen molar-refractivity contribution in [2.24, 2.45) is 0 Å². The maximum atomic E-state index is 9.98. The average molecular weight is 426 g/mol. The van der Waals surface area contributed by atoms with Crippen LogP contribution in [-0.2, 0) is 0 Å². The summed E-state index contributed by atoms with van der Waals surface area (Å²) >= 11 is 0. The highest BCUT2D eigenvalue weighted by Crippen LogP contribution is 2.19. The van der Waals surface area contributed by atoms with Crippen LogP contribution in [0.25, 0.3) is 0 Å². The zero-order chi connectivity index (χ0) is 21.6. The minimum Gasteiger partial charge on any atom is -0.507 e. The van der Waals surface area contributed by atoms with Crippen LogP contribution in [0.2, 0.25) is 0 Å². The predicted molar refractivity (Wildman–Crippen MR) is 124 cm³/mol. The summed E-state index contributed by atoms with van der Waals surface area (Å²) in [6, 6.07) is 8.26. The van der Waals surface area contributed by atoms with Crippen LogP contribution < -0.4 is 21.3 Å². The Labute approximate surface area is 184 Å². The number of phenols is 1. The molecule has 3 aliphatic rings. The molecule has 3 heterocycles. The molecule has 0 spiro atoms. The largest absolute Gasteiger partial charge is 0.507 e. The molecule has 3 fully saturated rings. The quantitative estimate of drug-likeness (QED) is 0.342. The molecule has 0 amide bonds. The van der Waals surface area contributed by atoms with Crippen molar-refractivity contribution in [3.8, 4) is 5.75 Å². The van der Waals surface area contributed by atoms with Gasteiger partial charge in [0, 0.05) is 30.7 Å². The number of nitrogens with one attached hydrogen (secondary N) is 6. The number of allylic oxidation sites excluding steroid dienone is 1. The summed E-state index contributed by atoms with van der Waals surface area (Å²) < 4.78 is 0. The van der Waals surface area contributed by atoms with Crippen molar-refractivity contribution >= 4 is 11.5 Å². The summed E-state index contributed by atoms with van der Waals surface area (Å²) in [6.45, 7) is 6.14. The first kappa shape index (κ1) is 21.8. The second kappa shape index (κ2) is 10.3. The molecule has 168 valence electrons. The standard InChI is InChI=1S/C23H35N7O/c24-20(19-3-1-2-4-22(19)31)13-21-23(25)28-15-17(29-21)14-27-16-7-11-30(12-8-16)18-5-9-26-10-6-18/h1-4,13,16-18,24,26-27,29,31H,5-12,14-15H2,(H2,25,28)/b21-13+,24-20?/t17-/m1/s1. The van der Waals surface area contributed by atoms with Gasteiger partial charge in [-0.15, -0.1) is 0 Å². The van der Waals surface area contributed by atoms with Crippen molar-refractivity contribution in [3.05, 3.63) is 41.6 Å². The number of para-hydroxylation sites is 1. The van der Waals surface area contributed by atoms with Crippen molar-refractivity contribution in [2.75, 3.05) is 39.3 Å². The number of nitrogens with zero attached hydrogens (tertiary/aromatic N) is 1. The highest BCUT2D eigenvalue weighted by Gasteiger charge is 2.27. The number of piperidine rings is 2. The normalized spacial score (nSPS) is 25.2. The molecular formula is C23H35N7O. The third-order valence-electron chi connectivity index (χ3n) is 6.64. The number of likely N-dealkylation sites (tertiary alicyclic amines) is 1. The molecular weight excluding hydrogens is 390 g/mol. The Bertz CT molecular complexity index is 810. The van der Waals surface area contributed by atoms with E-state index in [4.69, 9.17) is 10.8 Å². The van der Waals surface area contributed by atoms with Gasteiger partial charge in [-0.2, -0.15) is 0 Å². The fourth-order valence-corrected chi connectivity index (χ4v) is 4.77. The van der Waals surface area contributed by atoms with Gasteiger partial charge in [-0.25, -0.2) is 0 Å². The molecule has 0 aliphatic carbocycles. The second-order valence-corrected chi connectivity index (χ2v) is 8.79. The molecule has 0 aromatic heterocycles. The molecule has 0 saturated carbocycles. The van der Waals surface area contributed by atoms with Crippen LogP contribution in [0.15, 0.2) is 36.0 Å². The molecule has 8 nitrogen and oxygen atoms in total. The van der Waals surface area contributed by atoms with Crippen LogP contribution in [0.5, 0.6) is 5.75 Å². The molecule has 0 bridgehead atoms. The molecule has 1 aromatic carbocycles. The van der Waals surface area contributed by atoms with Gasteiger partial charge in [0.05, 0.1) is 17.5 Å². The van der Waals surface area contributed by atoms with E-state index in [2.05, 4.69) is 26.2 Å². The molecule has 0 radical (unpaired) electrons. The monoisotopic (exact) mass is 425 g/mol. The van der Waals surface area contributed by atoms with Crippen molar-refractivity contribution in [1.82, 2.24) is 26.2 Å². The van der Waals surface area contributed by atoms with Crippen LogP contribution in [0.3, 0.4) is 0 Å². The van der Waals surface area contributed by atoms with E-state index in [1.54, 1.807) is 30.3 Å². The van der Waals surface area contributed by atoms with E-state index in [0.717, 1.165) is 25.7 Å². The number of hydrogen-bond donors (Lipinski definition) is 7. The Hall–Kier alpha value is -2.42. The Balaban J connectivity index is 1.26. The fraction of sp³-hybridized carbons (Fsp3) is 0.565. The van der Waals surface area contributed by atoms with E-state index >= 15 is 0 Å². The summed E-state index contributed by atoms with van der Waals surface area (Å²) in [4.78, 5) is 2.67. The van der Waals surface area contributed by atoms with Gasteiger partial charge in [0.25, 0.3) is 0 Å². The molecule has 31 heavy (non-hydrogen) atoms. The number of benzene rings is 1. The molecule has 3 saturated heterocycles. The summed E-state index contributed by atoms with van der Waals surface area (Å²) in [5, 5.41) is 40.1. The molecule has 7 N–H and O–H groups in total. The molecule has 1 atom stereocenters. The second-order valence-electron chi connectivity index (χ2n) is 8.79. The van der Waals surface area contributed by atoms with E-state index in [1.165, 1.54) is 38.8 Å². The van der Waals surface area contributed by atoms with Gasteiger partial charge in [-0.05, 0) is 70.1 Å². The van der Waals surface area contributed by atoms with Crippen molar-refractivity contribution < 1.29 is 5.11 Å². The molecule has 3 aliphatic heterocycles. The zero-order valence-corrected chi connectivity index (χ0v) is 18.1. The lowest BCUT2D eigenvalue weighted by atomic mass is 9.98. The first-order valence-corrected chi connectivity index (χ1v) is 11.5. The third-order valence-corrected chi connectivity index (χ3v) is 6.64. The van der Waals surface area contributed by atoms with Crippen LogP contribution in [0.4, 0.5) is 0 Å². The van der Waals surface area contributed by atoms with Crippen molar-refractivity contribution in [2.45, 2.75) is 43.8 Å². The first-order valence-electron chi connectivity index (χ1n) is 11.5. The number of amidine groups is 1. The molecule has 4 rings (SSSR count). The van der Waals surface area contributed by atoms with E-state index in [1.807, 2.05) is 0 Å². The van der Waals surface area contributed by atoms with Gasteiger partial charge in [0.2, 0.25) is 0 Å². The van der Waals surface area contributed by atoms with E-state index in [-0.39, 0.29) is 23.3 Å². The first-order chi connectivity index (χ1) is 15.1. The van der Waals surface area contributed by atoms with Crippen LogP contribution in [-0.4, -0.2) is 78.9 Å². The number of rotatable bonds is 6. The van der Waals surface area contributed by atoms with Gasteiger partial charge in [0.15, 0.2) is 0 Å². The zero-order valence-electron chi connectivity index (χ0n) is 18.1. The van der Waals surface area contributed by atoms with Crippen molar-refractivity contribution in [1.29, 1.82) is 10.8 Å². The van der Waals surface area contributed by atoms with E-state index in [0.29, 0.717) is 23.8 Å². The maximum Gasteiger partial charge on any atom is 0.142 e. The van der Waals surface area contributed by atoms with Gasteiger partial charge in [-0.1, -0.05) is 12.1 Å². The summed E-state index contributed by atoms with van der Waals surface area (Å²) in [6.07, 6.45) is 6.52. The molecule has 8 heteroatoms. The summed E-state index contributed by atoms with van der Waals surface area (Å²) in [5.74, 6) is 0.361. The lowest BCUT2D eigenvalue weighted by Crippen LogP contribution is -2.56. The summed E-state index contributed by atoms with van der Waals surface area (Å²) in [7, 11) is 0. The number of hydrogen-bond acceptors (Lipinski definition) is 7. The topological polar surface area (TPSA) is 119 Å². The SMILES string of the molecule is N=C1NC[C@@H](CNC2CCN(C3CCNCC3)CC2)N/C1=C/C(=N)c1ccccc1O. The lowest BCUT2D eigenvalue weighted by molar-refractivity contribution is 0.119. The molecule has 0 unspecified atom stereocenters. The Kier molecular flexibility index (Phi) is 7.21. The van der Waals surface area contributed by atoms with Gasteiger partial charge in [-0.3, -0.25) is 5.41 Å². The van der Waals surface area contributed by atoms with E-state index in [9.17, 15) is 5.11 Å². The Morgan fingerprint density at radius 3 is 2.65 bits per heavy atom. The molecule has 1 aromatic rings. The highest BCUT2D eigenvalue weighted by molar-refractivity contribution is 6.12. The Morgan fingerprint density at radius 1 is 1.16 bits per heavy atom. The maximum absolute atomic E-state index is 9.98.